The summed E-state index contributed by atoms with van der Waals surface area (Å²) in [6.45, 7) is 3.87. The summed E-state index contributed by atoms with van der Waals surface area (Å²) in [4.78, 5) is 6.46. The van der Waals surface area contributed by atoms with Gasteiger partial charge in [0, 0.05) is 40.9 Å². The molecule has 1 aromatic rings. The number of nitrogens with zero attached hydrogens (tertiary/aromatic N) is 2. The Morgan fingerprint density at radius 1 is 1.14 bits per heavy atom. The molecule has 0 aliphatic heterocycles. The van der Waals surface area contributed by atoms with Crippen LogP contribution >= 0.6 is 0 Å². The van der Waals surface area contributed by atoms with Gasteiger partial charge in [-0.3, -0.25) is 4.99 Å². The molecule has 1 rings (SSSR count). The molecule has 0 atom stereocenters. The van der Waals surface area contributed by atoms with Gasteiger partial charge in [0.1, 0.15) is 0 Å². The predicted octanol–water partition coefficient (Wildman–Crippen LogP) is 2.14. The maximum atomic E-state index is 5.44. The van der Waals surface area contributed by atoms with E-state index in [9.17, 15) is 0 Å². The Labute approximate surface area is 134 Å². The fourth-order valence-corrected chi connectivity index (χ4v) is 2.09. The van der Waals surface area contributed by atoms with Gasteiger partial charge in [0.2, 0.25) is 0 Å². The summed E-state index contributed by atoms with van der Waals surface area (Å²) in [6, 6.07) is 10.4. The molecule has 5 nitrogen and oxygen atoms in total. The van der Waals surface area contributed by atoms with Gasteiger partial charge in [0.15, 0.2) is 5.96 Å². The molecule has 0 aromatic heterocycles. The lowest BCUT2D eigenvalue weighted by atomic mass is 10.2. The predicted molar refractivity (Wildman–Crippen MR) is 91.2 cm³/mol. The lowest BCUT2D eigenvalue weighted by Gasteiger charge is -2.22. The van der Waals surface area contributed by atoms with Crippen LogP contribution in [0, 0.1) is 0 Å². The second kappa shape index (κ2) is 12.0. The number of methoxy groups -OCH3 is 1. The fraction of sp³-hybridized carbons (Fsp3) is 0.588. The van der Waals surface area contributed by atoms with E-state index in [1.165, 1.54) is 5.56 Å². The molecule has 0 aliphatic rings. The number of ether oxygens (including phenoxy) is 2. The highest BCUT2D eigenvalue weighted by Gasteiger charge is 2.05. The van der Waals surface area contributed by atoms with Gasteiger partial charge in [-0.1, -0.05) is 30.3 Å². The van der Waals surface area contributed by atoms with Crippen LogP contribution in [0.4, 0.5) is 0 Å². The molecule has 1 aromatic carbocycles. The van der Waals surface area contributed by atoms with E-state index in [-0.39, 0.29) is 0 Å². The van der Waals surface area contributed by atoms with E-state index in [1.807, 2.05) is 13.1 Å². The van der Waals surface area contributed by atoms with E-state index in [4.69, 9.17) is 9.47 Å². The molecule has 0 amide bonds. The highest BCUT2D eigenvalue weighted by molar-refractivity contribution is 5.79. The zero-order valence-corrected chi connectivity index (χ0v) is 14.0. The minimum absolute atomic E-state index is 0.662. The first kappa shape index (κ1) is 18.5. The van der Waals surface area contributed by atoms with E-state index in [0.29, 0.717) is 13.2 Å². The highest BCUT2D eigenvalue weighted by atomic mass is 16.5. The molecule has 0 unspecified atom stereocenters. The number of nitrogens with one attached hydrogen (secondary N) is 1. The molecule has 124 valence electrons. The average Bonchev–Trinajstić information content (AvgIpc) is 2.54. The molecule has 0 fully saturated rings. The lowest BCUT2D eigenvalue weighted by molar-refractivity contribution is 0.0689. The Morgan fingerprint density at radius 3 is 2.59 bits per heavy atom. The van der Waals surface area contributed by atoms with Crippen molar-refractivity contribution < 1.29 is 9.47 Å². The van der Waals surface area contributed by atoms with Gasteiger partial charge < -0.3 is 19.7 Å². The van der Waals surface area contributed by atoms with Gasteiger partial charge in [-0.05, 0) is 18.4 Å². The Bertz CT molecular complexity index is 410. The van der Waals surface area contributed by atoms with Crippen molar-refractivity contribution in [3.05, 3.63) is 35.9 Å². The van der Waals surface area contributed by atoms with E-state index >= 15 is 0 Å². The van der Waals surface area contributed by atoms with Gasteiger partial charge >= 0.3 is 0 Å². The number of guanidine groups is 1. The fourth-order valence-electron chi connectivity index (χ4n) is 2.09. The van der Waals surface area contributed by atoms with Crippen LogP contribution in [-0.2, 0) is 16.0 Å². The quantitative estimate of drug-likeness (QED) is 0.409. The minimum atomic E-state index is 0.662. The average molecular weight is 307 g/mol. The Balaban J connectivity index is 2.16. The molecule has 0 spiro atoms. The van der Waals surface area contributed by atoms with Gasteiger partial charge in [-0.15, -0.1) is 0 Å². The standard InChI is InChI=1S/C17H29N3O2/c1-18-17(19-11-7-8-12-22-14-13-21-3)20(2)15-16-9-5-4-6-10-16/h4-6,9-10H,7-8,11-15H2,1-3H3,(H,18,19). The van der Waals surface area contributed by atoms with E-state index in [0.717, 1.165) is 38.5 Å². The summed E-state index contributed by atoms with van der Waals surface area (Å²) in [5.41, 5.74) is 1.28. The van der Waals surface area contributed by atoms with Crippen LogP contribution in [0.3, 0.4) is 0 Å². The van der Waals surface area contributed by atoms with Crippen molar-refractivity contribution in [3.63, 3.8) is 0 Å². The summed E-state index contributed by atoms with van der Waals surface area (Å²) < 4.78 is 10.4. The number of aliphatic imine (C=N–C) groups is 1. The van der Waals surface area contributed by atoms with Crippen molar-refractivity contribution >= 4 is 5.96 Å². The van der Waals surface area contributed by atoms with Gasteiger partial charge in [0.25, 0.3) is 0 Å². The van der Waals surface area contributed by atoms with Crippen molar-refractivity contribution in [1.29, 1.82) is 0 Å². The third-order valence-corrected chi connectivity index (χ3v) is 3.27. The number of rotatable bonds is 10. The SMILES string of the molecule is CN=C(NCCCCOCCOC)N(C)Cc1ccccc1. The number of hydrogen-bond donors (Lipinski definition) is 1. The first-order valence-electron chi connectivity index (χ1n) is 7.80. The molecule has 1 N–H and O–H groups in total. The monoisotopic (exact) mass is 307 g/mol. The van der Waals surface area contributed by atoms with E-state index < -0.39 is 0 Å². The van der Waals surface area contributed by atoms with E-state index in [2.05, 4.69) is 46.5 Å². The van der Waals surface area contributed by atoms with E-state index in [1.54, 1.807) is 7.11 Å². The Morgan fingerprint density at radius 2 is 1.91 bits per heavy atom. The maximum Gasteiger partial charge on any atom is 0.193 e. The third kappa shape index (κ3) is 8.00. The second-order valence-electron chi connectivity index (χ2n) is 5.13. The van der Waals surface area contributed by atoms with Crippen molar-refractivity contribution in [2.75, 3.05) is 47.6 Å². The number of benzene rings is 1. The molecule has 0 aliphatic carbocycles. The smallest absolute Gasteiger partial charge is 0.193 e. The zero-order valence-electron chi connectivity index (χ0n) is 14.0. The normalized spacial score (nSPS) is 11.5. The largest absolute Gasteiger partial charge is 0.382 e. The first-order chi connectivity index (χ1) is 10.8. The third-order valence-electron chi connectivity index (χ3n) is 3.27. The van der Waals surface area contributed by atoms with Crippen LogP contribution in [0.25, 0.3) is 0 Å². The molecule has 0 saturated heterocycles. The number of unbranched alkanes of at least 4 members (excludes halogenated alkanes) is 1. The molecule has 0 heterocycles. The molecular formula is C17H29N3O2. The molecule has 5 heteroatoms. The Kier molecular flexibility index (Phi) is 10.1. The summed E-state index contributed by atoms with van der Waals surface area (Å²) >= 11 is 0. The Hall–Kier alpha value is -1.59. The lowest BCUT2D eigenvalue weighted by Crippen LogP contribution is -2.38. The van der Waals surface area contributed by atoms with Gasteiger partial charge in [-0.2, -0.15) is 0 Å². The van der Waals surface area contributed by atoms with Crippen molar-refractivity contribution in [2.24, 2.45) is 4.99 Å². The number of hydrogen-bond acceptors (Lipinski definition) is 3. The highest BCUT2D eigenvalue weighted by Crippen LogP contribution is 2.02. The van der Waals surface area contributed by atoms with Gasteiger partial charge in [-0.25, -0.2) is 0 Å². The minimum Gasteiger partial charge on any atom is -0.382 e. The first-order valence-corrected chi connectivity index (χ1v) is 7.80. The summed E-state index contributed by atoms with van der Waals surface area (Å²) in [7, 11) is 5.55. The van der Waals surface area contributed by atoms with Crippen LogP contribution in [0.5, 0.6) is 0 Å². The van der Waals surface area contributed by atoms with Crippen LogP contribution < -0.4 is 5.32 Å². The van der Waals surface area contributed by atoms with Crippen LogP contribution in [0.15, 0.2) is 35.3 Å². The summed E-state index contributed by atoms with van der Waals surface area (Å²) in [5.74, 6) is 0.921. The van der Waals surface area contributed by atoms with Gasteiger partial charge in [0.05, 0.1) is 13.2 Å². The van der Waals surface area contributed by atoms with Crippen molar-refractivity contribution in [1.82, 2.24) is 10.2 Å². The zero-order chi connectivity index (χ0) is 16.0. The second-order valence-corrected chi connectivity index (χ2v) is 5.13. The van der Waals surface area contributed by atoms with Crippen molar-refractivity contribution in [3.8, 4) is 0 Å². The van der Waals surface area contributed by atoms with Crippen molar-refractivity contribution in [2.45, 2.75) is 19.4 Å². The summed E-state index contributed by atoms with van der Waals surface area (Å²) in [5, 5.41) is 3.39. The van der Waals surface area contributed by atoms with Crippen LogP contribution in [-0.4, -0.2) is 58.4 Å². The topological polar surface area (TPSA) is 46.1 Å². The molecular weight excluding hydrogens is 278 g/mol. The molecule has 22 heavy (non-hydrogen) atoms. The molecule has 0 radical (unpaired) electrons. The maximum absolute atomic E-state index is 5.44. The summed E-state index contributed by atoms with van der Waals surface area (Å²) in [6.07, 6.45) is 2.10. The molecule has 0 bridgehead atoms. The van der Waals surface area contributed by atoms with Crippen LogP contribution in [0.1, 0.15) is 18.4 Å². The molecule has 0 saturated carbocycles. The van der Waals surface area contributed by atoms with Crippen LogP contribution in [0.2, 0.25) is 0 Å².